The van der Waals surface area contributed by atoms with E-state index >= 15 is 0 Å². The van der Waals surface area contributed by atoms with Crippen molar-refractivity contribution in [2.24, 2.45) is 0 Å². The first-order chi connectivity index (χ1) is 8.24. The van der Waals surface area contributed by atoms with Crippen LogP contribution in [0.25, 0.3) is 10.9 Å². The highest BCUT2D eigenvalue weighted by atomic mass is 16.1. The molecule has 3 heteroatoms. The van der Waals surface area contributed by atoms with Gasteiger partial charge in [-0.25, -0.2) is 0 Å². The third-order valence-corrected chi connectivity index (χ3v) is 3.69. The van der Waals surface area contributed by atoms with E-state index in [0.29, 0.717) is 12.1 Å². The number of benzene rings is 1. The van der Waals surface area contributed by atoms with Crippen molar-refractivity contribution >= 4 is 16.6 Å². The Bertz CT molecular complexity index is 655. The van der Waals surface area contributed by atoms with Crippen LogP contribution in [-0.4, -0.2) is 4.57 Å². The lowest BCUT2D eigenvalue weighted by molar-refractivity contribution is 0.612. The van der Waals surface area contributed by atoms with Crippen LogP contribution in [0.3, 0.4) is 0 Å². The highest BCUT2D eigenvalue weighted by Crippen LogP contribution is 2.28. The molecule has 0 atom stereocenters. The van der Waals surface area contributed by atoms with Crippen molar-refractivity contribution < 1.29 is 0 Å². The van der Waals surface area contributed by atoms with Crippen LogP contribution in [0, 0.1) is 0 Å². The minimum atomic E-state index is 0.102. The van der Waals surface area contributed by atoms with Gasteiger partial charge in [-0.2, -0.15) is 0 Å². The zero-order valence-electron chi connectivity index (χ0n) is 9.99. The molecule has 2 aromatic rings. The van der Waals surface area contributed by atoms with E-state index in [0.717, 1.165) is 35.9 Å². The van der Waals surface area contributed by atoms with Gasteiger partial charge >= 0.3 is 0 Å². The minimum absolute atomic E-state index is 0.102. The first-order valence-corrected chi connectivity index (χ1v) is 6.16. The van der Waals surface area contributed by atoms with Crippen LogP contribution >= 0.6 is 0 Å². The van der Waals surface area contributed by atoms with E-state index in [4.69, 9.17) is 5.73 Å². The Morgan fingerprint density at radius 2 is 2.24 bits per heavy atom. The van der Waals surface area contributed by atoms with E-state index in [2.05, 4.69) is 6.07 Å². The van der Waals surface area contributed by atoms with E-state index < -0.39 is 0 Å². The summed E-state index contributed by atoms with van der Waals surface area (Å²) in [4.78, 5) is 12.3. The number of nitrogens with two attached hydrogens (primary N) is 1. The number of hydrogen-bond donors (Lipinski definition) is 1. The highest BCUT2D eigenvalue weighted by molar-refractivity contribution is 5.94. The highest BCUT2D eigenvalue weighted by Gasteiger charge is 2.18. The molecule has 0 saturated carbocycles. The maximum absolute atomic E-state index is 12.3. The molecule has 3 nitrogen and oxygen atoms in total. The summed E-state index contributed by atoms with van der Waals surface area (Å²) in [5, 5.41) is 1.04. The first kappa shape index (κ1) is 10.4. The number of anilines is 1. The zero-order chi connectivity index (χ0) is 12.0. The first-order valence-electron chi connectivity index (χ1n) is 6.16. The smallest absolute Gasteiger partial charge is 0.256 e. The Hall–Kier alpha value is -1.77. The van der Waals surface area contributed by atoms with E-state index in [1.807, 2.05) is 23.6 Å². The van der Waals surface area contributed by atoms with Gasteiger partial charge in [-0.05, 0) is 24.8 Å². The normalized spacial score (nSPS) is 14.2. The second-order valence-electron chi connectivity index (χ2n) is 4.62. The number of pyridine rings is 1. The van der Waals surface area contributed by atoms with Gasteiger partial charge in [0.25, 0.3) is 5.56 Å². The third kappa shape index (κ3) is 1.32. The lowest BCUT2D eigenvalue weighted by Crippen LogP contribution is -2.28. The van der Waals surface area contributed by atoms with Crippen molar-refractivity contribution in [3.8, 4) is 0 Å². The average molecular weight is 228 g/mol. The van der Waals surface area contributed by atoms with Gasteiger partial charge in [0.15, 0.2) is 0 Å². The van der Waals surface area contributed by atoms with Crippen LogP contribution in [0.1, 0.15) is 24.5 Å². The molecule has 88 valence electrons. The van der Waals surface area contributed by atoms with Crippen molar-refractivity contribution in [1.29, 1.82) is 0 Å². The number of rotatable bonds is 1. The molecular weight excluding hydrogens is 212 g/mol. The fourth-order valence-electron chi connectivity index (χ4n) is 2.85. The Kier molecular flexibility index (Phi) is 2.21. The van der Waals surface area contributed by atoms with E-state index in [-0.39, 0.29) is 5.56 Å². The van der Waals surface area contributed by atoms with Crippen LogP contribution < -0.4 is 11.3 Å². The van der Waals surface area contributed by atoms with Crippen LogP contribution in [0.4, 0.5) is 5.69 Å². The molecule has 0 bridgehead atoms. The van der Waals surface area contributed by atoms with Gasteiger partial charge in [-0.1, -0.05) is 25.1 Å². The molecule has 2 N–H and O–H groups in total. The molecule has 0 fully saturated rings. The molecule has 1 aliphatic rings. The quantitative estimate of drug-likeness (QED) is 0.812. The van der Waals surface area contributed by atoms with Crippen LogP contribution in [0.15, 0.2) is 23.0 Å². The van der Waals surface area contributed by atoms with E-state index in [1.165, 1.54) is 5.56 Å². The summed E-state index contributed by atoms with van der Waals surface area (Å²) in [6.07, 6.45) is 2.78. The molecule has 2 heterocycles. The van der Waals surface area contributed by atoms with Crippen molar-refractivity contribution in [2.45, 2.75) is 32.7 Å². The van der Waals surface area contributed by atoms with Crippen molar-refractivity contribution in [3.05, 3.63) is 39.7 Å². The lowest BCUT2D eigenvalue weighted by atomic mass is 9.98. The summed E-state index contributed by atoms with van der Waals surface area (Å²) < 4.78 is 1.91. The van der Waals surface area contributed by atoms with Crippen molar-refractivity contribution in [1.82, 2.24) is 4.57 Å². The summed E-state index contributed by atoms with van der Waals surface area (Å²) in [7, 11) is 0. The molecule has 0 amide bonds. The summed E-state index contributed by atoms with van der Waals surface area (Å²) in [6.45, 7) is 2.80. The number of hydrogen-bond acceptors (Lipinski definition) is 2. The zero-order valence-corrected chi connectivity index (χ0v) is 9.99. The Labute approximate surface area is 99.9 Å². The minimum Gasteiger partial charge on any atom is -0.398 e. The number of aryl methyl sites for hydroxylation is 2. The molecular formula is C14H16N2O. The summed E-state index contributed by atoms with van der Waals surface area (Å²) >= 11 is 0. The van der Waals surface area contributed by atoms with Gasteiger partial charge in [-0.15, -0.1) is 0 Å². The maximum atomic E-state index is 12.3. The molecule has 0 spiro atoms. The van der Waals surface area contributed by atoms with Gasteiger partial charge in [0.05, 0.1) is 5.52 Å². The lowest BCUT2D eigenvalue weighted by Gasteiger charge is -2.21. The number of para-hydroxylation sites is 1. The molecule has 0 aliphatic carbocycles. The predicted octanol–water partition coefficient (Wildman–Crippen LogP) is 2.09. The molecule has 17 heavy (non-hydrogen) atoms. The van der Waals surface area contributed by atoms with Crippen LogP contribution in [0.2, 0.25) is 0 Å². The Morgan fingerprint density at radius 3 is 3.00 bits per heavy atom. The summed E-state index contributed by atoms with van der Waals surface area (Å²) in [5.74, 6) is 0. The van der Waals surface area contributed by atoms with Crippen LogP contribution in [-0.2, 0) is 19.4 Å². The van der Waals surface area contributed by atoms with Crippen molar-refractivity contribution in [2.75, 3.05) is 5.73 Å². The summed E-state index contributed by atoms with van der Waals surface area (Å²) in [5.41, 5.74) is 9.97. The summed E-state index contributed by atoms with van der Waals surface area (Å²) in [6, 6.07) is 6.16. The second kappa shape index (κ2) is 3.62. The second-order valence-corrected chi connectivity index (χ2v) is 4.62. The molecule has 0 unspecified atom stereocenters. The fraction of sp³-hybridized carbons (Fsp3) is 0.357. The third-order valence-electron chi connectivity index (χ3n) is 3.69. The monoisotopic (exact) mass is 228 g/mol. The molecule has 0 saturated heterocycles. The number of aromatic nitrogens is 1. The van der Waals surface area contributed by atoms with E-state index in [1.54, 1.807) is 0 Å². The SMILES string of the molecule is CCc1c(N)c2cccc3c2n(c1=O)CCC3. The predicted molar refractivity (Wildman–Crippen MR) is 70.3 cm³/mol. The molecule has 0 radical (unpaired) electrons. The molecule has 1 aromatic carbocycles. The number of nitrogen functional groups attached to an aromatic ring is 1. The van der Waals surface area contributed by atoms with Gasteiger partial charge < -0.3 is 10.3 Å². The standard InChI is InChI=1S/C14H16N2O/c1-2-10-12(15)11-7-3-5-9-6-4-8-16(13(9)11)14(10)17/h3,5,7H,2,4,6,8,15H2,1H3. The average Bonchev–Trinajstić information content (AvgIpc) is 2.36. The maximum Gasteiger partial charge on any atom is 0.256 e. The Balaban J connectivity index is 2.56. The molecule has 1 aliphatic heterocycles. The fourth-order valence-corrected chi connectivity index (χ4v) is 2.85. The molecule has 3 rings (SSSR count). The molecule has 1 aromatic heterocycles. The van der Waals surface area contributed by atoms with Gasteiger partial charge in [0, 0.05) is 23.2 Å². The largest absolute Gasteiger partial charge is 0.398 e. The van der Waals surface area contributed by atoms with Gasteiger partial charge in [0.2, 0.25) is 0 Å². The van der Waals surface area contributed by atoms with Crippen LogP contribution in [0.5, 0.6) is 0 Å². The number of nitrogens with zero attached hydrogens (tertiary/aromatic N) is 1. The van der Waals surface area contributed by atoms with Gasteiger partial charge in [-0.3, -0.25) is 4.79 Å². The van der Waals surface area contributed by atoms with E-state index in [9.17, 15) is 4.79 Å². The Morgan fingerprint density at radius 1 is 1.41 bits per heavy atom. The van der Waals surface area contributed by atoms with Crippen molar-refractivity contribution in [3.63, 3.8) is 0 Å². The topological polar surface area (TPSA) is 48.0 Å². The van der Waals surface area contributed by atoms with Gasteiger partial charge in [0.1, 0.15) is 0 Å².